The third kappa shape index (κ3) is 8.05. The van der Waals surface area contributed by atoms with Gasteiger partial charge < -0.3 is 11.5 Å². The molecule has 0 bridgehead atoms. The lowest BCUT2D eigenvalue weighted by Crippen LogP contribution is -2.28. The van der Waals surface area contributed by atoms with E-state index >= 15 is 0 Å². The first-order valence-electron chi connectivity index (χ1n) is 5.03. The smallest absolute Gasteiger partial charge is 0.253 e. The number of nitrogens with two attached hydrogens (primary N) is 2. The predicted molar refractivity (Wildman–Crippen MR) is 65.2 cm³/mol. The molecule has 0 fully saturated rings. The molecule has 0 rings (SSSR count). The molecule has 8 nitrogen and oxygen atoms in total. The lowest BCUT2D eigenvalue weighted by atomic mass is 10.2. The lowest BCUT2D eigenvalue weighted by Gasteiger charge is -2.02. The summed E-state index contributed by atoms with van der Waals surface area (Å²) >= 11 is 0. The van der Waals surface area contributed by atoms with Crippen molar-refractivity contribution in [3.05, 3.63) is 0 Å². The Morgan fingerprint density at radius 2 is 1.29 bits per heavy atom. The van der Waals surface area contributed by atoms with Gasteiger partial charge in [-0.05, 0) is 13.8 Å². The van der Waals surface area contributed by atoms with Crippen molar-refractivity contribution in [3.8, 4) is 0 Å². The quantitative estimate of drug-likeness (QED) is 0.325. The summed E-state index contributed by atoms with van der Waals surface area (Å²) in [4.78, 5) is 21.6. The number of hydrogen-bond acceptors (Lipinski definition) is 6. The number of carbonyl (C=O) groups excluding carboxylic acids is 2. The van der Waals surface area contributed by atoms with E-state index in [4.69, 9.17) is 11.5 Å². The Hall–Kier alpha value is -1.80. The van der Waals surface area contributed by atoms with Crippen LogP contribution in [-0.4, -0.2) is 36.3 Å². The second kappa shape index (κ2) is 8.36. The number of rotatable bonds is 6. The van der Waals surface area contributed by atoms with Gasteiger partial charge in [0.2, 0.25) is 0 Å². The second-order valence-electron chi connectivity index (χ2n) is 3.35. The molecular weight excluding hydrogens is 224 g/mol. The molecule has 0 unspecified atom stereocenters. The molecule has 6 N–H and O–H groups in total. The highest BCUT2D eigenvalue weighted by Crippen LogP contribution is 1.89. The second-order valence-corrected chi connectivity index (χ2v) is 3.35. The van der Waals surface area contributed by atoms with Gasteiger partial charge in [-0.2, -0.15) is 10.2 Å². The largest absolute Gasteiger partial charge is 0.322 e. The minimum Gasteiger partial charge on any atom is -0.322 e. The van der Waals surface area contributed by atoms with Gasteiger partial charge in [0.15, 0.2) is 0 Å². The van der Waals surface area contributed by atoms with Crippen molar-refractivity contribution in [2.75, 3.05) is 13.1 Å². The molecule has 96 valence electrons. The molecule has 8 heteroatoms. The zero-order valence-electron chi connectivity index (χ0n) is 9.99. The van der Waals surface area contributed by atoms with Crippen molar-refractivity contribution in [1.82, 2.24) is 10.9 Å². The highest BCUT2D eigenvalue weighted by atomic mass is 16.2. The third-order valence-electron chi connectivity index (χ3n) is 1.63. The number of amides is 2. The van der Waals surface area contributed by atoms with Crippen LogP contribution in [-0.2, 0) is 9.59 Å². The van der Waals surface area contributed by atoms with Crippen LogP contribution in [0.4, 0.5) is 0 Å². The Morgan fingerprint density at radius 1 is 0.941 bits per heavy atom. The van der Waals surface area contributed by atoms with E-state index in [0.717, 1.165) is 0 Å². The SMILES string of the molecule is CC(CC(C)=NNC(=O)CN)=NNC(=O)CN. The topological polar surface area (TPSA) is 135 Å². The first-order valence-corrected chi connectivity index (χ1v) is 5.03. The normalized spacial score (nSPS) is 12.2. The molecule has 0 aromatic rings. The highest BCUT2D eigenvalue weighted by molar-refractivity contribution is 6.02. The standard InChI is InChI=1S/C9H18N6O2/c1-6(12-14-8(16)4-10)3-7(2)13-15-9(17)5-11/h3-5,10-11H2,1-2H3,(H,14,16)(H,15,17). The summed E-state index contributed by atoms with van der Waals surface area (Å²) in [6.45, 7) is 3.22. The van der Waals surface area contributed by atoms with E-state index < -0.39 is 0 Å². The Morgan fingerprint density at radius 3 is 1.59 bits per heavy atom. The van der Waals surface area contributed by atoms with Crippen LogP contribution in [0, 0.1) is 0 Å². The van der Waals surface area contributed by atoms with Gasteiger partial charge in [0.05, 0.1) is 13.1 Å². The summed E-state index contributed by atoms with van der Waals surface area (Å²) in [5.41, 5.74) is 16.0. The van der Waals surface area contributed by atoms with E-state index in [1.165, 1.54) is 0 Å². The molecule has 0 aliphatic heterocycles. The number of nitrogens with one attached hydrogen (secondary N) is 2. The summed E-state index contributed by atoms with van der Waals surface area (Å²) < 4.78 is 0. The monoisotopic (exact) mass is 242 g/mol. The van der Waals surface area contributed by atoms with Crippen LogP contribution in [0.2, 0.25) is 0 Å². The fraction of sp³-hybridized carbons (Fsp3) is 0.556. The van der Waals surface area contributed by atoms with Gasteiger partial charge in [0, 0.05) is 17.8 Å². The maximum absolute atomic E-state index is 10.8. The van der Waals surface area contributed by atoms with Crippen LogP contribution in [0.5, 0.6) is 0 Å². The summed E-state index contributed by atoms with van der Waals surface area (Å²) in [6, 6.07) is 0. The van der Waals surface area contributed by atoms with Crippen LogP contribution in [0.15, 0.2) is 10.2 Å². The van der Waals surface area contributed by atoms with Crippen LogP contribution < -0.4 is 22.3 Å². The predicted octanol–water partition coefficient (Wildman–Crippen LogP) is -1.72. The van der Waals surface area contributed by atoms with Crippen LogP contribution in [0.25, 0.3) is 0 Å². The first-order chi connectivity index (χ1) is 7.99. The molecule has 0 saturated heterocycles. The van der Waals surface area contributed by atoms with Gasteiger partial charge in [0.1, 0.15) is 0 Å². The van der Waals surface area contributed by atoms with Gasteiger partial charge >= 0.3 is 0 Å². The fourth-order valence-corrected chi connectivity index (χ4v) is 0.856. The van der Waals surface area contributed by atoms with E-state index in [0.29, 0.717) is 17.8 Å². The number of nitrogens with zero attached hydrogens (tertiary/aromatic N) is 2. The minimum absolute atomic E-state index is 0.115. The Labute approximate surface area is 99.5 Å². The summed E-state index contributed by atoms with van der Waals surface area (Å²) in [7, 11) is 0. The summed E-state index contributed by atoms with van der Waals surface area (Å²) in [5.74, 6) is -0.731. The highest BCUT2D eigenvalue weighted by Gasteiger charge is 1.99. The zero-order chi connectivity index (χ0) is 13.3. The van der Waals surface area contributed by atoms with E-state index in [9.17, 15) is 9.59 Å². The summed E-state index contributed by atoms with van der Waals surface area (Å²) in [5, 5.41) is 7.60. The fourth-order valence-electron chi connectivity index (χ4n) is 0.856. The van der Waals surface area contributed by atoms with E-state index in [1.807, 2.05) is 0 Å². The average molecular weight is 242 g/mol. The van der Waals surface area contributed by atoms with Crippen LogP contribution in [0.1, 0.15) is 20.3 Å². The number of hydrazone groups is 2. The lowest BCUT2D eigenvalue weighted by molar-refractivity contribution is -0.120. The van der Waals surface area contributed by atoms with E-state index in [2.05, 4.69) is 21.1 Å². The first kappa shape index (κ1) is 15.2. The number of carbonyl (C=O) groups is 2. The molecule has 2 amide bonds. The van der Waals surface area contributed by atoms with E-state index in [1.54, 1.807) is 13.8 Å². The van der Waals surface area contributed by atoms with E-state index in [-0.39, 0.29) is 24.9 Å². The Kier molecular flexibility index (Phi) is 7.48. The third-order valence-corrected chi connectivity index (χ3v) is 1.63. The molecular formula is C9H18N6O2. The average Bonchev–Trinajstić information content (AvgIpc) is 2.32. The van der Waals surface area contributed by atoms with Crippen molar-refractivity contribution in [1.29, 1.82) is 0 Å². The maximum atomic E-state index is 10.8. The Balaban J connectivity index is 4.14. The van der Waals surface area contributed by atoms with Crippen molar-refractivity contribution >= 4 is 23.2 Å². The van der Waals surface area contributed by atoms with Crippen molar-refractivity contribution in [3.63, 3.8) is 0 Å². The van der Waals surface area contributed by atoms with Gasteiger partial charge in [-0.1, -0.05) is 0 Å². The van der Waals surface area contributed by atoms with Gasteiger partial charge in [0.25, 0.3) is 11.8 Å². The van der Waals surface area contributed by atoms with Crippen LogP contribution >= 0.6 is 0 Å². The van der Waals surface area contributed by atoms with Crippen molar-refractivity contribution < 1.29 is 9.59 Å². The van der Waals surface area contributed by atoms with Gasteiger partial charge in [-0.25, -0.2) is 10.9 Å². The summed E-state index contributed by atoms with van der Waals surface area (Å²) in [6.07, 6.45) is 0.426. The molecule has 0 spiro atoms. The Bertz CT molecular complexity index is 304. The van der Waals surface area contributed by atoms with Crippen molar-refractivity contribution in [2.24, 2.45) is 21.7 Å². The molecule has 0 aliphatic carbocycles. The van der Waals surface area contributed by atoms with Gasteiger partial charge in [-0.15, -0.1) is 0 Å². The van der Waals surface area contributed by atoms with Crippen molar-refractivity contribution in [2.45, 2.75) is 20.3 Å². The van der Waals surface area contributed by atoms with Crippen LogP contribution in [0.3, 0.4) is 0 Å². The molecule has 0 heterocycles. The molecule has 0 aromatic carbocycles. The molecule has 17 heavy (non-hydrogen) atoms. The minimum atomic E-state index is -0.365. The van der Waals surface area contributed by atoms with Gasteiger partial charge in [-0.3, -0.25) is 9.59 Å². The molecule has 0 saturated carbocycles. The molecule has 0 aliphatic rings. The molecule has 0 aromatic heterocycles. The number of hydrogen-bond donors (Lipinski definition) is 4. The molecule has 0 atom stereocenters. The zero-order valence-corrected chi connectivity index (χ0v) is 9.99. The maximum Gasteiger partial charge on any atom is 0.253 e. The molecule has 0 radical (unpaired) electrons.